The lowest BCUT2D eigenvalue weighted by molar-refractivity contribution is -0.297. The van der Waals surface area contributed by atoms with Crippen molar-refractivity contribution >= 4 is 34.8 Å². The van der Waals surface area contributed by atoms with Crippen LogP contribution in [-0.2, 0) is 6.61 Å². The normalized spacial score (nSPS) is 19.3. The number of aliphatic hydroxyl groups is 1. The zero-order valence-corrected chi connectivity index (χ0v) is 16.5. The maximum absolute atomic E-state index is 13.3. The Kier molecular flexibility index (Phi) is 5.80. The van der Waals surface area contributed by atoms with E-state index in [1.165, 1.54) is 31.2 Å². The van der Waals surface area contributed by atoms with E-state index in [2.05, 4.69) is 5.10 Å². The van der Waals surface area contributed by atoms with Gasteiger partial charge < -0.3 is 9.84 Å². The number of rotatable bonds is 4. The average Bonchev–Trinajstić information content (AvgIpc) is 2.97. The van der Waals surface area contributed by atoms with E-state index in [1.807, 2.05) is 0 Å². The molecule has 0 unspecified atom stereocenters. The van der Waals surface area contributed by atoms with Crippen molar-refractivity contribution in [2.75, 3.05) is 0 Å². The summed E-state index contributed by atoms with van der Waals surface area (Å²) in [6, 6.07) is 10.5. The number of benzene rings is 2. The molecule has 1 atom stereocenters. The van der Waals surface area contributed by atoms with Crippen LogP contribution in [0.2, 0.25) is 10.0 Å². The Bertz CT molecular complexity index is 981. The summed E-state index contributed by atoms with van der Waals surface area (Å²) >= 11 is 11.9. The Morgan fingerprint density at radius 2 is 2.00 bits per heavy atom. The molecule has 29 heavy (non-hydrogen) atoms. The van der Waals surface area contributed by atoms with Gasteiger partial charge >= 0.3 is 6.18 Å². The Morgan fingerprint density at radius 3 is 2.69 bits per heavy atom. The van der Waals surface area contributed by atoms with Crippen molar-refractivity contribution in [2.45, 2.75) is 31.9 Å². The monoisotopic (exact) mass is 446 g/mol. The highest BCUT2D eigenvalue weighted by atomic mass is 35.5. The SMILES string of the molecule is CC1=NN(C(=O)c2cccc(COc3cc(Cl)ccc3Cl)c2)[C@](O)(C(F)(F)F)C1. The topological polar surface area (TPSA) is 62.1 Å². The van der Waals surface area contributed by atoms with Crippen LogP contribution in [0.15, 0.2) is 47.6 Å². The standard InChI is InChI=1S/C19H15Cl2F3N2O3/c1-11-9-18(28,19(22,23)24)26(25-11)17(27)13-4-2-3-12(7-13)10-29-16-8-14(20)5-6-15(16)21/h2-8,28H,9-10H2,1H3/t18-/m1/s1. The first-order valence-electron chi connectivity index (χ1n) is 8.36. The van der Waals surface area contributed by atoms with Gasteiger partial charge in [-0.25, -0.2) is 0 Å². The third-order valence-corrected chi connectivity index (χ3v) is 4.78. The van der Waals surface area contributed by atoms with E-state index < -0.39 is 24.2 Å². The van der Waals surface area contributed by atoms with Crippen molar-refractivity contribution in [3.05, 3.63) is 63.6 Å². The lowest BCUT2D eigenvalue weighted by Crippen LogP contribution is -2.56. The summed E-state index contributed by atoms with van der Waals surface area (Å²) in [6.45, 7) is 1.30. The van der Waals surface area contributed by atoms with Crippen LogP contribution in [-0.4, -0.2) is 33.6 Å². The predicted molar refractivity (Wildman–Crippen MR) is 102 cm³/mol. The van der Waals surface area contributed by atoms with Gasteiger partial charge in [0.25, 0.3) is 11.6 Å². The van der Waals surface area contributed by atoms with Crippen LogP contribution in [0.4, 0.5) is 13.2 Å². The highest BCUT2D eigenvalue weighted by Crippen LogP contribution is 2.41. The van der Waals surface area contributed by atoms with E-state index in [-0.39, 0.29) is 22.9 Å². The fraction of sp³-hybridized carbons (Fsp3) is 0.263. The number of ether oxygens (including phenoxy) is 1. The highest BCUT2D eigenvalue weighted by Gasteiger charge is 2.62. The summed E-state index contributed by atoms with van der Waals surface area (Å²) in [7, 11) is 0. The molecular weight excluding hydrogens is 432 g/mol. The van der Waals surface area contributed by atoms with E-state index in [4.69, 9.17) is 27.9 Å². The summed E-state index contributed by atoms with van der Waals surface area (Å²) in [5.41, 5.74) is -2.96. The molecule has 154 valence electrons. The number of halogens is 5. The zero-order valence-electron chi connectivity index (χ0n) is 15.0. The molecule has 0 saturated heterocycles. The number of alkyl halides is 3. The lowest BCUT2D eigenvalue weighted by Gasteiger charge is -2.32. The van der Waals surface area contributed by atoms with Crippen molar-refractivity contribution in [1.82, 2.24) is 5.01 Å². The van der Waals surface area contributed by atoms with Crippen LogP contribution in [0.25, 0.3) is 0 Å². The van der Waals surface area contributed by atoms with Gasteiger partial charge in [-0.2, -0.15) is 23.3 Å². The molecule has 0 saturated carbocycles. The minimum absolute atomic E-state index is 0.00624. The molecule has 1 aliphatic heterocycles. The van der Waals surface area contributed by atoms with Crippen molar-refractivity contribution in [2.24, 2.45) is 5.10 Å². The van der Waals surface area contributed by atoms with Crippen LogP contribution >= 0.6 is 23.2 Å². The maximum atomic E-state index is 13.3. The van der Waals surface area contributed by atoms with Gasteiger partial charge in [-0.3, -0.25) is 4.79 Å². The molecular formula is C19H15Cl2F3N2O3. The summed E-state index contributed by atoms with van der Waals surface area (Å²) in [4.78, 5) is 12.7. The molecule has 2 aromatic rings. The van der Waals surface area contributed by atoms with Gasteiger partial charge in [-0.1, -0.05) is 35.3 Å². The van der Waals surface area contributed by atoms with Gasteiger partial charge in [0.15, 0.2) is 0 Å². The van der Waals surface area contributed by atoms with Gasteiger partial charge in [0, 0.05) is 28.8 Å². The third-order valence-electron chi connectivity index (χ3n) is 4.23. The summed E-state index contributed by atoms with van der Waals surface area (Å²) in [6.07, 6.45) is -5.87. The number of nitrogens with zero attached hydrogens (tertiary/aromatic N) is 2. The molecule has 0 radical (unpaired) electrons. The van der Waals surface area contributed by atoms with Crippen molar-refractivity contribution < 1.29 is 27.8 Å². The first kappa shape index (κ1) is 21.4. The highest BCUT2D eigenvalue weighted by molar-refractivity contribution is 6.34. The molecule has 1 aliphatic rings. The van der Waals surface area contributed by atoms with E-state index in [0.717, 1.165) is 0 Å². The van der Waals surface area contributed by atoms with E-state index in [1.54, 1.807) is 18.2 Å². The van der Waals surface area contributed by atoms with Crippen molar-refractivity contribution in [3.8, 4) is 5.75 Å². The largest absolute Gasteiger partial charge is 0.487 e. The van der Waals surface area contributed by atoms with Crippen molar-refractivity contribution in [1.29, 1.82) is 0 Å². The first-order chi connectivity index (χ1) is 13.5. The third kappa shape index (κ3) is 4.34. The molecule has 1 N–H and O–H groups in total. The lowest BCUT2D eigenvalue weighted by atomic mass is 10.1. The second-order valence-electron chi connectivity index (χ2n) is 6.51. The molecule has 3 rings (SSSR count). The summed E-state index contributed by atoms with van der Waals surface area (Å²) in [5.74, 6) is -0.758. The Morgan fingerprint density at radius 1 is 1.28 bits per heavy atom. The van der Waals surface area contributed by atoms with E-state index in [9.17, 15) is 23.1 Å². The Balaban J connectivity index is 1.82. The van der Waals surface area contributed by atoms with Crippen LogP contribution in [0.5, 0.6) is 5.75 Å². The number of hydrogen-bond acceptors (Lipinski definition) is 4. The fourth-order valence-electron chi connectivity index (χ4n) is 2.82. The van der Waals surface area contributed by atoms with Crippen LogP contribution < -0.4 is 4.74 Å². The Hall–Kier alpha value is -2.29. The second kappa shape index (κ2) is 7.85. The van der Waals surface area contributed by atoms with Gasteiger partial charge in [-0.05, 0) is 36.8 Å². The molecule has 0 bridgehead atoms. The Labute approximate surface area is 174 Å². The number of carbonyl (C=O) groups excluding carboxylic acids is 1. The molecule has 0 aromatic heterocycles. The molecule has 0 spiro atoms. The predicted octanol–water partition coefficient (Wildman–Crippen LogP) is 5.05. The molecule has 1 heterocycles. The molecule has 2 aromatic carbocycles. The second-order valence-corrected chi connectivity index (χ2v) is 7.35. The maximum Gasteiger partial charge on any atom is 0.438 e. The number of hydrogen-bond donors (Lipinski definition) is 1. The molecule has 10 heteroatoms. The van der Waals surface area contributed by atoms with Crippen LogP contribution in [0, 0.1) is 0 Å². The summed E-state index contributed by atoms with van der Waals surface area (Å²) < 4.78 is 45.6. The van der Waals surface area contributed by atoms with E-state index in [0.29, 0.717) is 21.4 Å². The van der Waals surface area contributed by atoms with Gasteiger partial charge in [0.2, 0.25) is 0 Å². The van der Waals surface area contributed by atoms with Gasteiger partial charge in [-0.15, -0.1) is 0 Å². The minimum atomic E-state index is -5.06. The number of hydrazone groups is 1. The molecule has 1 amide bonds. The zero-order chi connectivity index (χ0) is 21.4. The number of carbonyl (C=O) groups is 1. The van der Waals surface area contributed by atoms with Gasteiger partial charge in [0.1, 0.15) is 12.4 Å². The fourth-order valence-corrected chi connectivity index (χ4v) is 3.15. The first-order valence-corrected chi connectivity index (χ1v) is 9.11. The minimum Gasteiger partial charge on any atom is -0.487 e. The van der Waals surface area contributed by atoms with Crippen LogP contribution in [0.1, 0.15) is 29.3 Å². The smallest absolute Gasteiger partial charge is 0.438 e. The molecule has 0 aliphatic carbocycles. The quantitative estimate of drug-likeness (QED) is 0.714. The van der Waals surface area contributed by atoms with Gasteiger partial charge in [0.05, 0.1) is 5.02 Å². The van der Waals surface area contributed by atoms with Crippen LogP contribution in [0.3, 0.4) is 0 Å². The average molecular weight is 447 g/mol. The molecule has 5 nitrogen and oxygen atoms in total. The van der Waals surface area contributed by atoms with Crippen molar-refractivity contribution in [3.63, 3.8) is 0 Å². The van der Waals surface area contributed by atoms with E-state index >= 15 is 0 Å². The molecule has 0 fully saturated rings. The number of amides is 1. The summed E-state index contributed by atoms with van der Waals surface area (Å²) in [5, 5.41) is 14.5.